The first kappa shape index (κ1) is 13.3. The summed E-state index contributed by atoms with van der Waals surface area (Å²) in [6.45, 7) is 8.67. The fourth-order valence-electron chi connectivity index (χ4n) is 2.06. The molecule has 1 aromatic heterocycles. The molecule has 2 rings (SSSR count). The zero-order valence-corrected chi connectivity index (χ0v) is 13.1. The molecule has 0 aliphatic heterocycles. The van der Waals surface area contributed by atoms with Gasteiger partial charge in [0.25, 0.3) is 0 Å². The number of hydrogen-bond donors (Lipinski definition) is 1. The molecule has 0 unspecified atom stereocenters. The first-order valence-electron chi connectivity index (χ1n) is 6.12. The van der Waals surface area contributed by atoms with Gasteiger partial charge in [0.2, 0.25) is 0 Å². The summed E-state index contributed by atoms with van der Waals surface area (Å²) in [5, 5.41) is 4.48. The molecule has 0 spiro atoms. The average Bonchev–Trinajstić information content (AvgIpc) is 2.31. The predicted octanol–water partition coefficient (Wildman–Crippen LogP) is 4.64. The van der Waals surface area contributed by atoms with Crippen LogP contribution in [0.5, 0.6) is 0 Å². The Labute approximate surface area is 117 Å². The lowest BCUT2D eigenvalue weighted by atomic mass is 9.90. The van der Waals surface area contributed by atoms with Crippen molar-refractivity contribution in [1.29, 1.82) is 0 Å². The number of nitrogens with one attached hydrogen (secondary N) is 1. The molecule has 3 heteroatoms. The van der Waals surface area contributed by atoms with Crippen molar-refractivity contribution in [2.45, 2.75) is 33.1 Å². The summed E-state index contributed by atoms with van der Waals surface area (Å²) in [5.41, 5.74) is 4.56. The average molecular weight is 307 g/mol. The second-order valence-electron chi connectivity index (χ2n) is 5.64. The molecule has 1 aromatic carbocycles. The maximum atomic E-state index is 4.83. The first-order chi connectivity index (χ1) is 8.34. The van der Waals surface area contributed by atoms with Crippen LogP contribution in [0.1, 0.15) is 32.0 Å². The van der Waals surface area contributed by atoms with Crippen LogP contribution in [0.15, 0.2) is 22.7 Å². The van der Waals surface area contributed by atoms with Crippen molar-refractivity contribution in [3.63, 3.8) is 0 Å². The van der Waals surface area contributed by atoms with E-state index < -0.39 is 0 Å². The molecular formula is C15H19BrN2. The minimum absolute atomic E-state index is 0.0446. The van der Waals surface area contributed by atoms with Crippen LogP contribution in [0.2, 0.25) is 0 Å². The summed E-state index contributed by atoms with van der Waals surface area (Å²) in [5.74, 6) is 0. The number of benzene rings is 1. The topological polar surface area (TPSA) is 24.9 Å². The maximum absolute atomic E-state index is 4.83. The fraction of sp³-hybridized carbons (Fsp3) is 0.400. The second kappa shape index (κ2) is 4.54. The maximum Gasteiger partial charge on any atom is 0.0870 e. The Morgan fingerprint density at radius 1 is 1.22 bits per heavy atom. The highest BCUT2D eigenvalue weighted by atomic mass is 79.9. The van der Waals surface area contributed by atoms with Gasteiger partial charge < -0.3 is 5.32 Å². The predicted molar refractivity (Wildman–Crippen MR) is 82.4 cm³/mol. The van der Waals surface area contributed by atoms with Gasteiger partial charge in [0, 0.05) is 33.7 Å². The molecule has 0 aliphatic carbocycles. The lowest BCUT2D eigenvalue weighted by molar-refractivity contribution is 0.571. The fourth-order valence-corrected chi connectivity index (χ4v) is 2.48. The number of aryl methyl sites for hydroxylation is 1. The van der Waals surface area contributed by atoms with Gasteiger partial charge in [-0.1, -0.05) is 26.8 Å². The minimum Gasteiger partial charge on any atom is -0.388 e. The monoisotopic (exact) mass is 306 g/mol. The lowest BCUT2D eigenvalue weighted by Crippen LogP contribution is -2.14. The zero-order chi connectivity index (χ0) is 13.5. The van der Waals surface area contributed by atoms with Crippen LogP contribution in [-0.2, 0) is 5.41 Å². The largest absolute Gasteiger partial charge is 0.388 e. The number of halogens is 1. The number of nitrogens with zero attached hydrogens (tertiary/aromatic N) is 1. The van der Waals surface area contributed by atoms with Crippen molar-refractivity contribution in [2.75, 3.05) is 12.4 Å². The molecule has 18 heavy (non-hydrogen) atoms. The highest BCUT2D eigenvalue weighted by Gasteiger charge is 2.19. The number of hydrogen-bond acceptors (Lipinski definition) is 2. The molecule has 1 heterocycles. The minimum atomic E-state index is 0.0446. The van der Waals surface area contributed by atoms with Crippen LogP contribution in [0.3, 0.4) is 0 Å². The summed E-state index contributed by atoms with van der Waals surface area (Å²) in [4.78, 5) is 4.83. The Hall–Kier alpha value is -1.09. The van der Waals surface area contributed by atoms with Crippen molar-refractivity contribution in [3.05, 3.63) is 33.9 Å². The molecule has 0 fully saturated rings. The van der Waals surface area contributed by atoms with Crippen molar-refractivity contribution in [3.8, 4) is 0 Å². The Morgan fingerprint density at radius 3 is 2.44 bits per heavy atom. The molecule has 0 aliphatic rings. The van der Waals surface area contributed by atoms with Crippen molar-refractivity contribution in [2.24, 2.45) is 0 Å². The SMILES string of the molecule is CNc1cc(C(C)(C)C)nc2c(Br)ccc(C)c12. The number of pyridine rings is 1. The van der Waals surface area contributed by atoms with Crippen LogP contribution < -0.4 is 5.32 Å². The van der Waals surface area contributed by atoms with Crippen molar-refractivity contribution >= 4 is 32.5 Å². The van der Waals surface area contributed by atoms with Gasteiger partial charge in [0.15, 0.2) is 0 Å². The molecule has 0 saturated heterocycles. The van der Waals surface area contributed by atoms with Gasteiger partial charge in [-0.3, -0.25) is 4.98 Å². The zero-order valence-electron chi connectivity index (χ0n) is 11.6. The molecule has 2 nitrogen and oxygen atoms in total. The first-order valence-corrected chi connectivity index (χ1v) is 6.92. The van der Waals surface area contributed by atoms with Gasteiger partial charge in [-0.05, 0) is 40.5 Å². The van der Waals surface area contributed by atoms with E-state index in [4.69, 9.17) is 4.98 Å². The van der Waals surface area contributed by atoms with E-state index in [9.17, 15) is 0 Å². The summed E-state index contributed by atoms with van der Waals surface area (Å²) in [6, 6.07) is 6.34. The van der Waals surface area contributed by atoms with Crippen LogP contribution >= 0.6 is 15.9 Å². The smallest absolute Gasteiger partial charge is 0.0870 e. The quantitative estimate of drug-likeness (QED) is 0.830. The Bertz CT molecular complexity index is 597. The van der Waals surface area contributed by atoms with Gasteiger partial charge in [0.05, 0.1) is 5.52 Å². The molecule has 0 saturated carbocycles. The van der Waals surface area contributed by atoms with Gasteiger partial charge >= 0.3 is 0 Å². The molecule has 96 valence electrons. The summed E-state index contributed by atoms with van der Waals surface area (Å²) < 4.78 is 1.05. The molecule has 0 amide bonds. The van der Waals surface area contributed by atoms with Gasteiger partial charge in [-0.15, -0.1) is 0 Å². The number of rotatable bonds is 1. The summed E-state index contributed by atoms with van der Waals surface area (Å²) >= 11 is 3.60. The normalized spacial score (nSPS) is 11.9. The van der Waals surface area contributed by atoms with E-state index in [0.717, 1.165) is 21.4 Å². The van der Waals surface area contributed by atoms with E-state index in [2.05, 4.69) is 67.1 Å². The summed E-state index contributed by atoms with van der Waals surface area (Å²) in [6.07, 6.45) is 0. The van der Waals surface area contributed by atoms with E-state index in [1.54, 1.807) is 0 Å². The van der Waals surface area contributed by atoms with E-state index in [0.29, 0.717) is 0 Å². The molecular weight excluding hydrogens is 288 g/mol. The molecule has 2 aromatic rings. The number of aromatic nitrogens is 1. The van der Waals surface area contributed by atoms with E-state index in [-0.39, 0.29) is 5.41 Å². The summed E-state index contributed by atoms with van der Waals surface area (Å²) in [7, 11) is 1.96. The Balaban J connectivity index is 2.88. The van der Waals surface area contributed by atoms with Crippen molar-refractivity contribution in [1.82, 2.24) is 4.98 Å². The highest BCUT2D eigenvalue weighted by molar-refractivity contribution is 9.10. The molecule has 0 atom stereocenters. The third kappa shape index (κ3) is 2.24. The van der Waals surface area contributed by atoms with Crippen LogP contribution in [-0.4, -0.2) is 12.0 Å². The Morgan fingerprint density at radius 2 is 1.89 bits per heavy atom. The molecule has 1 N–H and O–H groups in total. The standard InChI is InChI=1S/C15H19BrN2/c1-9-6-7-10(16)14-13(9)11(17-5)8-12(18-14)15(2,3)4/h6-8H,1-5H3,(H,17,18). The highest BCUT2D eigenvalue weighted by Crippen LogP contribution is 2.34. The van der Waals surface area contributed by atoms with Crippen molar-refractivity contribution < 1.29 is 0 Å². The third-order valence-electron chi connectivity index (χ3n) is 3.16. The second-order valence-corrected chi connectivity index (χ2v) is 6.50. The van der Waals surface area contributed by atoms with Gasteiger partial charge in [0.1, 0.15) is 0 Å². The van der Waals surface area contributed by atoms with E-state index >= 15 is 0 Å². The van der Waals surface area contributed by atoms with E-state index in [1.807, 2.05) is 7.05 Å². The van der Waals surface area contributed by atoms with Gasteiger partial charge in [-0.25, -0.2) is 0 Å². The van der Waals surface area contributed by atoms with E-state index in [1.165, 1.54) is 10.9 Å². The molecule has 0 bridgehead atoms. The lowest BCUT2D eigenvalue weighted by Gasteiger charge is -2.21. The Kier molecular flexibility index (Phi) is 3.37. The van der Waals surface area contributed by atoms with Crippen LogP contribution in [0.4, 0.5) is 5.69 Å². The van der Waals surface area contributed by atoms with Crippen LogP contribution in [0, 0.1) is 6.92 Å². The van der Waals surface area contributed by atoms with Crippen LogP contribution in [0.25, 0.3) is 10.9 Å². The number of anilines is 1. The number of fused-ring (bicyclic) bond motifs is 1. The third-order valence-corrected chi connectivity index (χ3v) is 3.80. The van der Waals surface area contributed by atoms with Gasteiger partial charge in [-0.2, -0.15) is 0 Å². The molecule has 0 radical (unpaired) electrons.